The third kappa shape index (κ3) is 3.90. The van der Waals surface area contributed by atoms with Crippen molar-refractivity contribution in [1.82, 2.24) is 4.90 Å². The van der Waals surface area contributed by atoms with Crippen molar-refractivity contribution >= 4 is 23.5 Å². The summed E-state index contributed by atoms with van der Waals surface area (Å²) >= 11 is 0. The van der Waals surface area contributed by atoms with Crippen LogP contribution in [0.4, 0.5) is 5.69 Å². The maximum atomic E-state index is 13.6. The lowest BCUT2D eigenvalue weighted by Gasteiger charge is -2.55. The number of hydrogen-bond acceptors (Lipinski definition) is 3. The minimum absolute atomic E-state index is 0.00601. The topological polar surface area (TPSA) is 77.9 Å². The normalized spacial score (nSPS) is 21.2. The van der Waals surface area contributed by atoms with Crippen molar-refractivity contribution in [3.8, 4) is 0 Å². The lowest BCUT2D eigenvalue weighted by molar-refractivity contribution is -0.142. The first-order valence-corrected chi connectivity index (χ1v) is 11.5. The number of rotatable bonds is 7. The number of fused-ring (bicyclic) bond motifs is 2. The Morgan fingerprint density at radius 2 is 1.72 bits per heavy atom. The SMILES string of the molecule is CCc1ccc(C(=O)N2c3ccccc3C(N(CC)C(=O)CCC(=O)O)C3CCC32)cc1. The summed E-state index contributed by atoms with van der Waals surface area (Å²) in [6.45, 7) is 4.53. The molecule has 32 heavy (non-hydrogen) atoms. The molecule has 2 aromatic rings. The van der Waals surface area contributed by atoms with E-state index in [1.165, 1.54) is 5.56 Å². The predicted octanol–water partition coefficient (Wildman–Crippen LogP) is 4.44. The number of amides is 2. The molecule has 0 aromatic heterocycles. The van der Waals surface area contributed by atoms with Crippen LogP contribution in [0.15, 0.2) is 48.5 Å². The molecule has 4 rings (SSSR count). The zero-order chi connectivity index (χ0) is 22.8. The predicted molar refractivity (Wildman–Crippen MR) is 123 cm³/mol. The number of aryl methyl sites for hydroxylation is 1. The molecule has 1 N–H and O–H groups in total. The number of aliphatic carboxylic acids is 1. The summed E-state index contributed by atoms with van der Waals surface area (Å²) in [5.41, 5.74) is 3.69. The Morgan fingerprint density at radius 1 is 1.00 bits per heavy atom. The van der Waals surface area contributed by atoms with Gasteiger partial charge in [-0.05, 0) is 55.5 Å². The third-order valence-corrected chi connectivity index (χ3v) is 6.92. The Labute approximate surface area is 188 Å². The Morgan fingerprint density at radius 3 is 2.31 bits per heavy atom. The van der Waals surface area contributed by atoms with E-state index in [1.54, 1.807) is 0 Å². The monoisotopic (exact) mass is 434 g/mol. The molecule has 2 amide bonds. The molecule has 3 atom stereocenters. The highest BCUT2D eigenvalue weighted by molar-refractivity contribution is 6.07. The summed E-state index contributed by atoms with van der Waals surface area (Å²) in [5.74, 6) is -0.966. The average Bonchev–Trinajstić information content (AvgIpc) is 2.79. The number of hydrogen-bond donors (Lipinski definition) is 1. The van der Waals surface area contributed by atoms with Crippen LogP contribution >= 0.6 is 0 Å². The first-order chi connectivity index (χ1) is 15.5. The molecule has 0 saturated heterocycles. The van der Waals surface area contributed by atoms with Crippen LogP contribution in [0.1, 0.15) is 67.1 Å². The fourth-order valence-corrected chi connectivity index (χ4v) is 5.13. The maximum absolute atomic E-state index is 13.6. The Bertz CT molecular complexity index is 1020. The van der Waals surface area contributed by atoms with Gasteiger partial charge in [0.15, 0.2) is 0 Å². The van der Waals surface area contributed by atoms with Gasteiger partial charge in [-0.25, -0.2) is 0 Å². The van der Waals surface area contributed by atoms with Crippen molar-refractivity contribution < 1.29 is 19.5 Å². The van der Waals surface area contributed by atoms with Gasteiger partial charge in [-0.1, -0.05) is 37.3 Å². The molecule has 0 spiro atoms. The minimum atomic E-state index is -0.967. The van der Waals surface area contributed by atoms with Crippen LogP contribution < -0.4 is 4.90 Å². The van der Waals surface area contributed by atoms with Gasteiger partial charge in [-0.15, -0.1) is 0 Å². The van der Waals surface area contributed by atoms with Crippen LogP contribution in [-0.2, 0) is 16.0 Å². The van der Waals surface area contributed by atoms with E-state index in [1.807, 2.05) is 65.3 Å². The quantitative estimate of drug-likeness (QED) is 0.699. The van der Waals surface area contributed by atoms with Crippen LogP contribution in [0.25, 0.3) is 0 Å². The highest BCUT2D eigenvalue weighted by Crippen LogP contribution is 2.52. The van der Waals surface area contributed by atoms with Crippen molar-refractivity contribution in [2.24, 2.45) is 5.92 Å². The summed E-state index contributed by atoms with van der Waals surface area (Å²) in [6.07, 6.45) is 2.58. The molecule has 1 heterocycles. The number of carboxylic acids is 1. The molecule has 168 valence electrons. The van der Waals surface area contributed by atoms with E-state index in [0.29, 0.717) is 12.1 Å². The standard InChI is InChI=1S/C26H30N2O4/c1-3-17-9-11-18(12-10-17)26(32)28-21-8-6-5-7-19(21)25(20-13-14-22(20)28)27(4-2)23(29)15-16-24(30)31/h5-12,20,22,25H,3-4,13-16H2,1-2H3,(H,30,31). The number of nitrogens with zero attached hydrogens (tertiary/aromatic N) is 2. The number of anilines is 1. The van der Waals surface area contributed by atoms with E-state index in [9.17, 15) is 14.4 Å². The second-order valence-electron chi connectivity index (χ2n) is 8.61. The highest BCUT2D eigenvalue weighted by Gasteiger charge is 2.50. The Kier molecular flexibility index (Phi) is 6.31. The first kappa shape index (κ1) is 22.1. The van der Waals surface area contributed by atoms with Gasteiger partial charge in [-0.2, -0.15) is 0 Å². The van der Waals surface area contributed by atoms with Gasteiger partial charge in [0, 0.05) is 36.2 Å². The van der Waals surface area contributed by atoms with Gasteiger partial charge in [0.05, 0.1) is 12.5 Å². The second-order valence-corrected chi connectivity index (χ2v) is 8.61. The Balaban J connectivity index is 1.69. The van der Waals surface area contributed by atoms with Crippen molar-refractivity contribution in [2.75, 3.05) is 11.4 Å². The van der Waals surface area contributed by atoms with Crippen LogP contribution in [-0.4, -0.2) is 40.4 Å². The molecule has 6 heteroatoms. The largest absolute Gasteiger partial charge is 0.481 e. The highest BCUT2D eigenvalue weighted by atomic mass is 16.4. The van der Waals surface area contributed by atoms with Gasteiger partial charge < -0.3 is 14.9 Å². The van der Waals surface area contributed by atoms with E-state index in [-0.39, 0.29) is 42.7 Å². The molecule has 6 nitrogen and oxygen atoms in total. The number of carbonyl (C=O) groups excluding carboxylic acids is 2. The zero-order valence-corrected chi connectivity index (χ0v) is 18.7. The molecule has 0 radical (unpaired) electrons. The van der Waals surface area contributed by atoms with Crippen molar-refractivity contribution in [1.29, 1.82) is 0 Å². The fraction of sp³-hybridized carbons (Fsp3) is 0.423. The summed E-state index contributed by atoms with van der Waals surface area (Å²) < 4.78 is 0. The van der Waals surface area contributed by atoms with E-state index in [4.69, 9.17) is 5.11 Å². The first-order valence-electron chi connectivity index (χ1n) is 11.5. The molecular weight excluding hydrogens is 404 g/mol. The second kappa shape index (κ2) is 9.15. The zero-order valence-electron chi connectivity index (χ0n) is 18.7. The van der Waals surface area contributed by atoms with Crippen molar-refractivity contribution in [3.63, 3.8) is 0 Å². The summed E-state index contributed by atoms with van der Waals surface area (Å²) in [5, 5.41) is 9.01. The molecule has 2 aromatic carbocycles. The van der Waals surface area contributed by atoms with Crippen LogP contribution in [0.5, 0.6) is 0 Å². The number of benzene rings is 2. The third-order valence-electron chi connectivity index (χ3n) is 6.92. The van der Waals surface area contributed by atoms with Gasteiger partial charge in [0.2, 0.25) is 5.91 Å². The summed E-state index contributed by atoms with van der Waals surface area (Å²) in [4.78, 5) is 41.3. The number of para-hydroxylation sites is 1. The Hall–Kier alpha value is -3.15. The van der Waals surface area contributed by atoms with Gasteiger partial charge in [0.1, 0.15) is 0 Å². The van der Waals surface area contributed by atoms with E-state index < -0.39 is 5.97 Å². The molecule has 1 aliphatic carbocycles. The molecule has 2 aliphatic rings. The van der Waals surface area contributed by atoms with Crippen molar-refractivity contribution in [2.45, 2.75) is 58.0 Å². The van der Waals surface area contributed by atoms with E-state index in [2.05, 4.69) is 6.92 Å². The van der Waals surface area contributed by atoms with Gasteiger partial charge in [-0.3, -0.25) is 14.4 Å². The average molecular weight is 435 g/mol. The smallest absolute Gasteiger partial charge is 0.303 e. The number of carbonyl (C=O) groups is 3. The summed E-state index contributed by atoms with van der Waals surface area (Å²) in [6, 6.07) is 15.5. The van der Waals surface area contributed by atoms with E-state index in [0.717, 1.165) is 30.5 Å². The number of carboxylic acid groups (broad SMARTS) is 1. The fourth-order valence-electron chi connectivity index (χ4n) is 5.13. The minimum Gasteiger partial charge on any atom is -0.481 e. The van der Waals surface area contributed by atoms with Gasteiger partial charge >= 0.3 is 5.97 Å². The van der Waals surface area contributed by atoms with Gasteiger partial charge in [0.25, 0.3) is 5.91 Å². The van der Waals surface area contributed by atoms with Crippen LogP contribution in [0.2, 0.25) is 0 Å². The summed E-state index contributed by atoms with van der Waals surface area (Å²) in [7, 11) is 0. The lowest BCUT2D eigenvalue weighted by atomic mass is 9.67. The molecule has 1 saturated carbocycles. The maximum Gasteiger partial charge on any atom is 0.303 e. The molecule has 1 aliphatic heterocycles. The molecular formula is C26H30N2O4. The lowest BCUT2D eigenvalue weighted by Crippen LogP contribution is -2.58. The molecule has 1 fully saturated rings. The molecule has 0 bridgehead atoms. The van der Waals surface area contributed by atoms with Crippen LogP contribution in [0, 0.1) is 5.92 Å². The van der Waals surface area contributed by atoms with Crippen molar-refractivity contribution in [3.05, 3.63) is 65.2 Å². The van der Waals surface area contributed by atoms with Crippen LogP contribution in [0.3, 0.4) is 0 Å². The molecule has 3 unspecified atom stereocenters. The van der Waals surface area contributed by atoms with E-state index >= 15 is 0 Å².